The van der Waals surface area contributed by atoms with E-state index in [4.69, 9.17) is 4.74 Å². The van der Waals surface area contributed by atoms with E-state index < -0.39 is 0 Å². The molecule has 0 amide bonds. The van der Waals surface area contributed by atoms with Crippen molar-refractivity contribution < 1.29 is 9.53 Å². The van der Waals surface area contributed by atoms with Crippen molar-refractivity contribution in [1.29, 1.82) is 0 Å². The maximum atomic E-state index is 11.8. The number of aldehydes is 1. The number of aromatic nitrogens is 1. The van der Waals surface area contributed by atoms with Crippen molar-refractivity contribution in [3.8, 4) is 16.9 Å². The van der Waals surface area contributed by atoms with Crippen LogP contribution in [0.3, 0.4) is 0 Å². The van der Waals surface area contributed by atoms with Gasteiger partial charge in [0.05, 0.1) is 12.3 Å². The Labute approximate surface area is 149 Å². The highest BCUT2D eigenvalue weighted by Gasteiger charge is 2.22. The summed E-state index contributed by atoms with van der Waals surface area (Å²) < 4.78 is 7.79. The molecule has 1 aromatic carbocycles. The Kier molecular flexibility index (Phi) is 4.67. The van der Waals surface area contributed by atoms with Gasteiger partial charge in [-0.3, -0.25) is 4.79 Å². The third kappa shape index (κ3) is 3.07. The van der Waals surface area contributed by atoms with Gasteiger partial charge in [-0.1, -0.05) is 32.9 Å². The number of benzene rings is 1. The molecule has 0 saturated carbocycles. The maximum Gasteiger partial charge on any atom is 0.167 e. The van der Waals surface area contributed by atoms with Gasteiger partial charge in [0.25, 0.3) is 0 Å². The number of hydrogen-bond acceptors (Lipinski definition) is 2. The van der Waals surface area contributed by atoms with E-state index in [1.54, 1.807) is 0 Å². The Bertz CT molecular complexity index is 906. The van der Waals surface area contributed by atoms with Gasteiger partial charge in [-0.05, 0) is 54.7 Å². The van der Waals surface area contributed by atoms with Crippen LogP contribution < -0.4 is 4.74 Å². The molecule has 25 heavy (non-hydrogen) atoms. The molecule has 0 unspecified atom stereocenters. The first-order valence-corrected chi connectivity index (χ1v) is 8.84. The van der Waals surface area contributed by atoms with Crippen LogP contribution in [0.25, 0.3) is 16.6 Å². The van der Waals surface area contributed by atoms with Gasteiger partial charge in [0.2, 0.25) is 0 Å². The molecule has 3 nitrogen and oxygen atoms in total. The average molecular weight is 335 g/mol. The monoisotopic (exact) mass is 335 g/mol. The Morgan fingerprint density at radius 3 is 2.56 bits per heavy atom. The molecule has 0 N–H and O–H groups in total. The van der Waals surface area contributed by atoms with Crippen molar-refractivity contribution in [1.82, 2.24) is 4.40 Å². The van der Waals surface area contributed by atoms with Crippen LogP contribution >= 0.6 is 0 Å². The molecule has 3 rings (SSSR count). The zero-order valence-corrected chi connectivity index (χ0v) is 15.4. The minimum atomic E-state index is 0.0694. The van der Waals surface area contributed by atoms with E-state index in [1.807, 2.05) is 41.8 Å². The second-order valence-electron chi connectivity index (χ2n) is 6.94. The molecule has 0 atom stereocenters. The fourth-order valence-corrected chi connectivity index (χ4v) is 3.13. The van der Waals surface area contributed by atoms with Gasteiger partial charge < -0.3 is 9.14 Å². The number of carbonyl (C=O) groups excluding carboxylic acids is 1. The standard InChI is InChI=1S/C22H25NO2/c1-5-22(3,4)16-10-11-21(25-6-2)19(13-16)18-14-17-9-7-8-12-23(17)20(18)15-24/h7-15H,5-6H2,1-4H3. The molecule has 3 heteroatoms. The van der Waals surface area contributed by atoms with Crippen LogP contribution in [-0.4, -0.2) is 17.3 Å². The topological polar surface area (TPSA) is 30.7 Å². The molecular formula is C22H25NO2. The van der Waals surface area contributed by atoms with Crippen molar-refractivity contribution >= 4 is 11.8 Å². The summed E-state index contributed by atoms with van der Waals surface area (Å²) >= 11 is 0. The van der Waals surface area contributed by atoms with Gasteiger partial charge in [-0.2, -0.15) is 0 Å². The summed E-state index contributed by atoms with van der Waals surface area (Å²) in [6.45, 7) is 9.24. The van der Waals surface area contributed by atoms with Crippen molar-refractivity contribution in [2.45, 2.75) is 39.5 Å². The van der Waals surface area contributed by atoms with Gasteiger partial charge >= 0.3 is 0 Å². The first kappa shape index (κ1) is 17.3. The Hall–Kier alpha value is -2.55. The van der Waals surface area contributed by atoms with Crippen molar-refractivity contribution in [2.24, 2.45) is 0 Å². The zero-order valence-electron chi connectivity index (χ0n) is 15.4. The summed E-state index contributed by atoms with van der Waals surface area (Å²) in [6.07, 6.45) is 3.89. The molecule has 0 fully saturated rings. The van der Waals surface area contributed by atoms with Crippen LogP contribution in [0.1, 0.15) is 50.2 Å². The van der Waals surface area contributed by atoms with E-state index in [0.29, 0.717) is 12.3 Å². The number of hydrogen-bond donors (Lipinski definition) is 0. The Morgan fingerprint density at radius 1 is 1.08 bits per heavy atom. The molecule has 0 aliphatic carbocycles. The normalized spacial score (nSPS) is 11.7. The molecular weight excluding hydrogens is 310 g/mol. The fraction of sp³-hybridized carbons (Fsp3) is 0.318. The quantitative estimate of drug-likeness (QED) is 0.556. The van der Waals surface area contributed by atoms with Crippen molar-refractivity contribution in [3.05, 3.63) is 59.9 Å². The molecule has 3 aromatic rings. The summed E-state index contributed by atoms with van der Waals surface area (Å²) in [5, 5.41) is 0. The average Bonchev–Trinajstić information content (AvgIpc) is 3.00. The van der Waals surface area contributed by atoms with Crippen LogP contribution in [-0.2, 0) is 5.41 Å². The van der Waals surface area contributed by atoms with Gasteiger partial charge in [-0.15, -0.1) is 0 Å². The lowest BCUT2D eigenvalue weighted by Crippen LogP contribution is -2.15. The van der Waals surface area contributed by atoms with Gasteiger partial charge in [0.1, 0.15) is 5.75 Å². The minimum absolute atomic E-state index is 0.0694. The highest BCUT2D eigenvalue weighted by Crippen LogP contribution is 2.38. The number of rotatable bonds is 6. The lowest BCUT2D eigenvalue weighted by Gasteiger charge is -2.25. The molecule has 130 valence electrons. The first-order chi connectivity index (χ1) is 12.0. The van der Waals surface area contributed by atoms with E-state index in [2.05, 4.69) is 39.0 Å². The van der Waals surface area contributed by atoms with E-state index in [0.717, 1.165) is 35.1 Å². The molecule has 0 saturated heterocycles. The lowest BCUT2D eigenvalue weighted by molar-refractivity contribution is 0.111. The van der Waals surface area contributed by atoms with Crippen LogP contribution in [0.4, 0.5) is 0 Å². The minimum Gasteiger partial charge on any atom is -0.493 e. The summed E-state index contributed by atoms with van der Waals surface area (Å²) in [4.78, 5) is 11.8. The number of fused-ring (bicyclic) bond motifs is 1. The predicted molar refractivity (Wildman–Crippen MR) is 103 cm³/mol. The first-order valence-electron chi connectivity index (χ1n) is 8.84. The number of nitrogens with zero attached hydrogens (tertiary/aromatic N) is 1. The fourth-order valence-electron chi connectivity index (χ4n) is 3.13. The summed E-state index contributed by atoms with van der Waals surface area (Å²) in [7, 11) is 0. The van der Waals surface area contributed by atoms with E-state index in [1.165, 1.54) is 5.56 Å². The molecule has 2 aromatic heterocycles. The summed E-state index contributed by atoms with van der Waals surface area (Å²) in [6, 6.07) is 14.3. The zero-order chi connectivity index (χ0) is 18.0. The van der Waals surface area contributed by atoms with E-state index in [-0.39, 0.29) is 5.41 Å². The van der Waals surface area contributed by atoms with Gasteiger partial charge in [0.15, 0.2) is 6.29 Å². The number of carbonyl (C=O) groups is 1. The highest BCUT2D eigenvalue weighted by molar-refractivity contribution is 5.91. The molecule has 0 radical (unpaired) electrons. The second kappa shape index (κ2) is 6.75. The maximum absolute atomic E-state index is 11.8. The smallest absolute Gasteiger partial charge is 0.167 e. The SMILES string of the molecule is CCOc1ccc(C(C)(C)CC)cc1-c1cc2ccccn2c1C=O. The number of pyridine rings is 1. The number of ether oxygens (including phenoxy) is 1. The largest absolute Gasteiger partial charge is 0.493 e. The van der Waals surface area contributed by atoms with Gasteiger partial charge in [0, 0.05) is 22.8 Å². The van der Waals surface area contributed by atoms with E-state index in [9.17, 15) is 4.79 Å². The molecule has 2 heterocycles. The molecule has 0 spiro atoms. The summed E-state index contributed by atoms with van der Waals surface area (Å²) in [5.41, 5.74) is 4.87. The third-order valence-electron chi connectivity index (χ3n) is 5.07. The van der Waals surface area contributed by atoms with Crippen LogP contribution in [0, 0.1) is 0 Å². The molecule has 0 bridgehead atoms. The second-order valence-corrected chi connectivity index (χ2v) is 6.94. The molecule has 0 aliphatic heterocycles. The molecule has 0 aliphatic rings. The third-order valence-corrected chi connectivity index (χ3v) is 5.07. The van der Waals surface area contributed by atoms with Crippen molar-refractivity contribution in [3.63, 3.8) is 0 Å². The van der Waals surface area contributed by atoms with E-state index >= 15 is 0 Å². The van der Waals surface area contributed by atoms with Gasteiger partial charge in [-0.25, -0.2) is 0 Å². The predicted octanol–water partition coefficient (Wildman–Crippen LogP) is 5.51. The Morgan fingerprint density at radius 2 is 1.88 bits per heavy atom. The summed E-state index contributed by atoms with van der Waals surface area (Å²) in [5.74, 6) is 0.817. The Balaban J connectivity index is 2.27. The van der Waals surface area contributed by atoms with Crippen LogP contribution in [0.5, 0.6) is 5.75 Å². The highest BCUT2D eigenvalue weighted by atomic mass is 16.5. The lowest BCUT2D eigenvalue weighted by atomic mass is 9.81. The van der Waals surface area contributed by atoms with Crippen molar-refractivity contribution in [2.75, 3.05) is 6.61 Å². The van der Waals surface area contributed by atoms with Crippen LogP contribution in [0.2, 0.25) is 0 Å². The van der Waals surface area contributed by atoms with Crippen LogP contribution in [0.15, 0.2) is 48.7 Å².